The molecular weight excluding hydrogens is 1080 g/mol. The first-order chi connectivity index (χ1) is 40.3. The van der Waals surface area contributed by atoms with E-state index in [1.807, 2.05) is 36.5 Å². The normalized spacial score (nSPS) is 23.6. The average molecular weight is 1150 g/mol. The number of hydrogen-bond acceptors (Lipinski definition) is 19. The van der Waals surface area contributed by atoms with Crippen molar-refractivity contribution < 1.29 is 46.6 Å². The second kappa shape index (κ2) is 21.6. The zero-order valence-corrected chi connectivity index (χ0v) is 47.5. The average Bonchev–Trinajstić information content (AvgIpc) is 3.80. The van der Waals surface area contributed by atoms with Gasteiger partial charge in [0.25, 0.3) is 21.6 Å². The number of piperazine rings is 1. The number of anilines is 5. The van der Waals surface area contributed by atoms with Gasteiger partial charge in [-0.15, -0.1) is 0 Å². The van der Waals surface area contributed by atoms with E-state index in [1.165, 1.54) is 11.6 Å². The molecule has 1 aliphatic carbocycles. The van der Waals surface area contributed by atoms with Crippen LogP contribution in [0, 0.1) is 21.4 Å². The van der Waals surface area contributed by atoms with Gasteiger partial charge in [-0.3, -0.25) is 19.8 Å². The summed E-state index contributed by atoms with van der Waals surface area (Å²) in [5.41, 5.74) is 4.65. The molecule has 3 N–H and O–H groups in total. The molecule has 14 rings (SSSR count). The molecule has 5 fully saturated rings. The van der Waals surface area contributed by atoms with E-state index in [-0.39, 0.29) is 65.8 Å². The smallest absolute Gasteiger partial charge is 0.297 e. The number of carbonyl (C=O) groups is 1. The predicted molar refractivity (Wildman–Crippen MR) is 309 cm³/mol. The molecule has 0 unspecified atom stereocenters. The lowest BCUT2D eigenvalue weighted by atomic mass is 9.59. The summed E-state index contributed by atoms with van der Waals surface area (Å²) in [5, 5.41) is 16.7. The lowest BCUT2D eigenvalue weighted by Gasteiger charge is -2.58. The number of piperidine rings is 1. The van der Waals surface area contributed by atoms with Crippen LogP contribution < -0.4 is 43.7 Å². The van der Waals surface area contributed by atoms with Crippen molar-refractivity contribution in [2.75, 3.05) is 92.4 Å². The molecule has 1 saturated carbocycles. The highest BCUT2D eigenvalue weighted by atomic mass is 32.2. The molecule has 436 valence electrons. The van der Waals surface area contributed by atoms with Gasteiger partial charge in [0.1, 0.15) is 29.8 Å². The molecule has 4 saturated heterocycles. The molecule has 8 aliphatic rings. The third-order valence-electron chi connectivity index (χ3n) is 18.4. The third kappa shape index (κ3) is 10.2. The number of benzene rings is 3. The maximum absolute atomic E-state index is 14.9. The van der Waals surface area contributed by atoms with Gasteiger partial charge in [-0.2, -0.15) is 4.98 Å². The van der Waals surface area contributed by atoms with E-state index in [4.69, 9.17) is 43.4 Å². The monoisotopic (exact) mass is 1150 g/mol. The summed E-state index contributed by atoms with van der Waals surface area (Å²) < 4.78 is 67.7. The SMILES string of the molecule is CC(C)Oc1ccccc1[C@@H]1CN(c2ncc3c(n2)CCCO3)CCN1C1CC2(CCN(c3ccc(C(=O)NS(=O)(=O)c4cc5c(c([N+](=O)[O-])c4)N[C@H](C4CCOCC4)CO5)c(N4c5cc6cc[nH]c6nc5O[C@H]5COCC[C@@H]54)c3)CC2)C1. The van der Waals surface area contributed by atoms with Crippen molar-refractivity contribution in [1.29, 1.82) is 0 Å². The largest absolute Gasteiger partial charge is 0.491 e. The first-order valence-corrected chi connectivity index (χ1v) is 30.8. The highest BCUT2D eigenvalue weighted by molar-refractivity contribution is 7.90. The second-order valence-electron chi connectivity index (χ2n) is 23.8. The van der Waals surface area contributed by atoms with Gasteiger partial charge in [-0.1, -0.05) is 18.2 Å². The first kappa shape index (κ1) is 53.5. The lowest BCUT2D eigenvalue weighted by Crippen LogP contribution is -2.60. The van der Waals surface area contributed by atoms with Gasteiger partial charge in [0.15, 0.2) is 17.2 Å². The fourth-order valence-electron chi connectivity index (χ4n) is 14.1. The minimum atomic E-state index is -4.72. The van der Waals surface area contributed by atoms with Crippen LogP contribution in [0.1, 0.15) is 92.9 Å². The molecule has 83 heavy (non-hydrogen) atoms. The Hall–Kier alpha value is -7.47. The van der Waals surface area contributed by atoms with Gasteiger partial charge < -0.3 is 53.4 Å². The van der Waals surface area contributed by atoms with E-state index >= 15 is 0 Å². The number of H-pyrrole nitrogens is 1. The summed E-state index contributed by atoms with van der Waals surface area (Å²) in [7, 11) is -4.72. The highest BCUT2D eigenvalue weighted by Gasteiger charge is 2.51. The number of rotatable bonds is 12. The van der Waals surface area contributed by atoms with E-state index < -0.39 is 37.5 Å². The Balaban J connectivity index is 0.739. The second-order valence-corrected chi connectivity index (χ2v) is 25.5. The zero-order chi connectivity index (χ0) is 56.6. The number of hydrogen-bond donors (Lipinski definition) is 3. The third-order valence-corrected chi connectivity index (χ3v) is 19.7. The zero-order valence-electron chi connectivity index (χ0n) is 46.7. The number of aromatic nitrogens is 4. The summed E-state index contributed by atoms with van der Waals surface area (Å²) in [6.45, 7) is 10.9. The fourth-order valence-corrected chi connectivity index (χ4v) is 15.1. The maximum Gasteiger partial charge on any atom is 0.297 e. The number of pyridine rings is 1. The molecule has 3 aromatic carbocycles. The number of nitrogens with one attached hydrogen (secondary N) is 3. The van der Waals surface area contributed by atoms with Crippen molar-refractivity contribution in [2.24, 2.45) is 11.3 Å². The first-order valence-electron chi connectivity index (χ1n) is 29.4. The Bertz CT molecular complexity index is 3580. The number of ether oxygens (including phenoxy) is 6. The van der Waals surface area contributed by atoms with Gasteiger partial charge in [-0.25, -0.2) is 23.1 Å². The van der Waals surface area contributed by atoms with Crippen LogP contribution in [0.2, 0.25) is 0 Å². The molecule has 22 nitrogen and oxygen atoms in total. The lowest BCUT2D eigenvalue weighted by molar-refractivity contribution is -0.384. The van der Waals surface area contributed by atoms with Crippen molar-refractivity contribution in [2.45, 2.75) is 113 Å². The van der Waals surface area contributed by atoms with Gasteiger partial charge in [0.05, 0.1) is 70.4 Å². The standard InChI is InChI=1S/C60H69N11O11S/c1-36(2)81-51-8-4-3-6-42(51)50-33-68(59-62-32-53-44(64-59)7-5-22-79-53)20-21-69(50)40-30-60(31-40)15-18-67(19-16-60)39-9-10-43(47(27-39)70-46-14-25-78-35-54(46)82-58-49(70)26-38-11-17-61-56(38)65-58)57(72)66-83(75,76)41-28-48(71(73)74)55-52(29-41)80-34-45(63-55)37-12-23-77-24-13-37/h3-4,6,8-11,17,26-29,32,36-37,40,45-46,50,54,63H,5,7,12-16,18-25,30-31,33-35H2,1-2H3,(H,61,65)(H,66,72)/t45-,46-,50-,54-/m0/s1. The van der Waals surface area contributed by atoms with Crippen molar-refractivity contribution in [3.05, 3.63) is 106 Å². The molecule has 4 atom stereocenters. The Morgan fingerprint density at radius 1 is 0.892 bits per heavy atom. The van der Waals surface area contributed by atoms with Crippen molar-refractivity contribution in [3.63, 3.8) is 0 Å². The van der Waals surface area contributed by atoms with Crippen molar-refractivity contribution in [3.8, 4) is 23.1 Å². The summed E-state index contributed by atoms with van der Waals surface area (Å²) in [6.07, 6.45) is 11.2. The number of fused-ring (bicyclic) bond motifs is 5. The Labute approximate surface area is 481 Å². The molecule has 23 heteroatoms. The summed E-state index contributed by atoms with van der Waals surface area (Å²) >= 11 is 0. The van der Waals surface area contributed by atoms with E-state index in [2.05, 4.69) is 66.7 Å². The summed E-state index contributed by atoms with van der Waals surface area (Å²) in [5.74, 6) is 2.06. The van der Waals surface area contributed by atoms with Crippen LogP contribution in [0.5, 0.6) is 23.1 Å². The molecule has 6 aromatic rings. The van der Waals surface area contributed by atoms with Crippen molar-refractivity contribution >= 4 is 61.3 Å². The minimum Gasteiger partial charge on any atom is -0.491 e. The van der Waals surface area contributed by atoms with Gasteiger partial charge in [0.2, 0.25) is 11.8 Å². The number of nitro benzene ring substituents is 1. The van der Waals surface area contributed by atoms with E-state index in [0.717, 1.165) is 124 Å². The van der Waals surface area contributed by atoms with Crippen LogP contribution in [0.15, 0.2) is 84.0 Å². The van der Waals surface area contributed by atoms with Crippen molar-refractivity contribution in [1.82, 2.24) is 29.6 Å². The minimum absolute atomic E-state index is 0.0191. The Morgan fingerprint density at radius 3 is 2.55 bits per heavy atom. The van der Waals surface area contributed by atoms with Gasteiger partial charge >= 0.3 is 0 Å². The van der Waals surface area contributed by atoms with Gasteiger partial charge in [-0.05, 0) is 119 Å². The maximum atomic E-state index is 14.9. The van der Waals surface area contributed by atoms with Gasteiger partial charge in [0, 0.05) is 93.6 Å². The predicted octanol–water partition coefficient (Wildman–Crippen LogP) is 8.09. The van der Waals surface area contributed by atoms with E-state index in [1.54, 1.807) is 12.3 Å². The number of amides is 1. The number of para-hydroxylation sites is 1. The van der Waals surface area contributed by atoms with E-state index in [0.29, 0.717) is 61.8 Å². The number of aromatic amines is 1. The number of nitro groups is 1. The quantitative estimate of drug-likeness (QED) is 0.0774. The van der Waals surface area contributed by atoms with Crippen LogP contribution in [0.25, 0.3) is 11.0 Å². The molecular formula is C60H69N11O11S. The highest BCUT2D eigenvalue weighted by Crippen LogP contribution is 2.54. The molecule has 1 amide bonds. The fraction of sp³-hybridized carbons (Fsp3) is 0.500. The molecule has 10 heterocycles. The number of sulfonamides is 1. The Morgan fingerprint density at radius 2 is 1.72 bits per heavy atom. The van der Waals surface area contributed by atoms with E-state index in [9.17, 15) is 23.3 Å². The van der Waals surface area contributed by atoms with Crippen LogP contribution in [0.4, 0.5) is 34.4 Å². The number of nitrogens with zero attached hydrogens (tertiary/aromatic N) is 8. The number of carbonyl (C=O) groups excluding carboxylic acids is 1. The molecule has 7 aliphatic heterocycles. The van der Waals surface area contributed by atoms with Crippen LogP contribution in [-0.4, -0.2) is 147 Å². The number of aryl methyl sites for hydroxylation is 1. The molecule has 1 spiro atoms. The molecule has 0 radical (unpaired) electrons. The molecule has 3 aromatic heterocycles. The van der Waals surface area contributed by atoms with Crippen LogP contribution >= 0.6 is 0 Å². The van der Waals surface area contributed by atoms with Crippen LogP contribution in [-0.2, 0) is 25.9 Å². The topological polar surface area (TPSA) is 241 Å². The summed E-state index contributed by atoms with van der Waals surface area (Å²) in [4.78, 5) is 53.8. The summed E-state index contributed by atoms with van der Waals surface area (Å²) in [6, 6.07) is 20.0. The molecule has 0 bridgehead atoms. The Kier molecular flexibility index (Phi) is 13.9. The van der Waals surface area contributed by atoms with Crippen LogP contribution in [0.3, 0.4) is 0 Å².